The van der Waals surface area contributed by atoms with E-state index in [-0.39, 0.29) is 11.6 Å². The van der Waals surface area contributed by atoms with E-state index in [1.54, 1.807) is 24.3 Å². The fourth-order valence-electron chi connectivity index (χ4n) is 1.34. The van der Waals surface area contributed by atoms with Crippen molar-refractivity contribution in [2.45, 2.75) is 0 Å². The first-order valence-corrected chi connectivity index (χ1v) is 7.20. The number of carbonyl (C=O) groups is 2. The SMILES string of the molecule is CS(=O)(=O)O.O=C1C=C(P)C(=O)c2ccccc21. The number of benzene rings is 1. The summed E-state index contributed by atoms with van der Waals surface area (Å²) in [5.74, 6) is -0.180. The van der Waals surface area contributed by atoms with E-state index in [9.17, 15) is 18.0 Å². The van der Waals surface area contributed by atoms with Crippen LogP contribution in [-0.2, 0) is 10.1 Å². The second-order valence-corrected chi connectivity index (χ2v) is 5.66. The Morgan fingerprint density at radius 2 is 1.56 bits per heavy atom. The molecule has 1 aromatic carbocycles. The van der Waals surface area contributed by atoms with Crippen LogP contribution in [0.25, 0.3) is 0 Å². The van der Waals surface area contributed by atoms with Gasteiger partial charge in [0.1, 0.15) is 0 Å². The van der Waals surface area contributed by atoms with Crippen molar-refractivity contribution in [3.63, 3.8) is 0 Å². The number of ketones is 2. The lowest BCUT2D eigenvalue weighted by atomic mass is 9.95. The van der Waals surface area contributed by atoms with Crippen LogP contribution in [0.5, 0.6) is 0 Å². The van der Waals surface area contributed by atoms with Crippen LogP contribution in [0.2, 0.25) is 0 Å². The number of allylic oxidation sites excluding steroid dienone is 2. The van der Waals surface area contributed by atoms with Crippen LogP contribution >= 0.6 is 9.24 Å². The molecule has 5 nitrogen and oxygen atoms in total. The van der Waals surface area contributed by atoms with Gasteiger partial charge in [-0.05, 0) is 6.08 Å². The molecule has 96 valence electrons. The zero-order valence-corrected chi connectivity index (χ0v) is 11.4. The van der Waals surface area contributed by atoms with Crippen LogP contribution in [0.15, 0.2) is 35.7 Å². The van der Waals surface area contributed by atoms with Crippen molar-refractivity contribution < 1.29 is 22.6 Å². The van der Waals surface area contributed by atoms with Gasteiger partial charge >= 0.3 is 0 Å². The molecule has 0 aliphatic heterocycles. The van der Waals surface area contributed by atoms with Gasteiger partial charge in [-0.3, -0.25) is 14.1 Å². The molecule has 0 fully saturated rings. The molecule has 0 spiro atoms. The van der Waals surface area contributed by atoms with E-state index in [4.69, 9.17) is 4.55 Å². The second kappa shape index (κ2) is 5.52. The van der Waals surface area contributed by atoms with Gasteiger partial charge in [0, 0.05) is 16.4 Å². The molecule has 0 amide bonds. The highest BCUT2D eigenvalue weighted by Gasteiger charge is 2.21. The van der Waals surface area contributed by atoms with Crippen molar-refractivity contribution in [2.75, 3.05) is 6.26 Å². The average Bonchev–Trinajstić information content (AvgIpc) is 2.24. The molecule has 0 bridgehead atoms. The van der Waals surface area contributed by atoms with E-state index in [1.165, 1.54) is 6.08 Å². The first-order chi connectivity index (χ1) is 8.20. The molecule has 0 saturated heterocycles. The minimum atomic E-state index is -3.67. The van der Waals surface area contributed by atoms with Crippen molar-refractivity contribution in [1.82, 2.24) is 0 Å². The Hall–Kier alpha value is -1.36. The van der Waals surface area contributed by atoms with Gasteiger partial charge in [-0.25, -0.2) is 0 Å². The molecule has 2 rings (SSSR count). The minimum Gasteiger partial charge on any atom is -0.289 e. The molecule has 1 N–H and O–H groups in total. The number of Topliss-reactive ketones (excluding diaryl/α,β-unsaturated/α-hetero) is 1. The van der Waals surface area contributed by atoms with Crippen molar-refractivity contribution in [3.05, 3.63) is 46.8 Å². The van der Waals surface area contributed by atoms with E-state index in [1.807, 2.05) is 0 Å². The Bertz CT molecular complexity index is 623. The quantitative estimate of drug-likeness (QED) is 0.574. The summed E-state index contributed by atoms with van der Waals surface area (Å²) in [5, 5.41) is 0.434. The van der Waals surface area contributed by atoms with Crippen molar-refractivity contribution in [2.24, 2.45) is 0 Å². The maximum atomic E-state index is 11.5. The van der Waals surface area contributed by atoms with Gasteiger partial charge in [-0.1, -0.05) is 24.3 Å². The largest absolute Gasteiger partial charge is 0.289 e. The third-order valence-corrected chi connectivity index (χ3v) is 2.41. The lowest BCUT2D eigenvalue weighted by molar-refractivity contribution is 0.0991. The smallest absolute Gasteiger partial charge is 0.261 e. The molecule has 18 heavy (non-hydrogen) atoms. The standard InChI is InChI=1S/C10H7O2P.CH4O3S/c11-8-5-9(13)10(12)7-4-2-1-3-6(7)8;1-5(2,3)4/h1-5H,13H2;1H3,(H,2,3,4). The molecule has 0 heterocycles. The fraction of sp³-hybridized carbons (Fsp3) is 0.0909. The van der Waals surface area contributed by atoms with Crippen LogP contribution in [0, 0.1) is 0 Å². The van der Waals surface area contributed by atoms with Gasteiger partial charge in [0.2, 0.25) is 0 Å². The maximum absolute atomic E-state index is 11.5. The normalized spacial score (nSPS) is 14.3. The number of hydrogen-bond acceptors (Lipinski definition) is 4. The van der Waals surface area contributed by atoms with Crippen molar-refractivity contribution in [1.29, 1.82) is 0 Å². The number of rotatable bonds is 0. The third kappa shape index (κ3) is 4.14. The van der Waals surface area contributed by atoms with E-state index < -0.39 is 10.1 Å². The Kier molecular flexibility index (Phi) is 4.51. The summed E-state index contributed by atoms with van der Waals surface area (Å²) in [4.78, 5) is 22.9. The second-order valence-electron chi connectivity index (χ2n) is 3.57. The Balaban J connectivity index is 0.000000280. The Morgan fingerprint density at radius 1 is 1.11 bits per heavy atom. The van der Waals surface area contributed by atoms with Gasteiger partial charge in [-0.2, -0.15) is 8.42 Å². The van der Waals surface area contributed by atoms with Crippen molar-refractivity contribution >= 4 is 30.9 Å². The third-order valence-electron chi connectivity index (χ3n) is 1.99. The van der Waals surface area contributed by atoms with Crippen LogP contribution < -0.4 is 0 Å². The lowest BCUT2D eigenvalue weighted by Crippen LogP contribution is -2.13. The summed E-state index contributed by atoms with van der Waals surface area (Å²) in [5.41, 5.74) is 0.999. The van der Waals surface area contributed by atoms with E-state index in [0.29, 0.717) is 22.7 Å². The van der Waals surface area contributed by atoms with Gasteiger partial charge < -0.3 is 0 Å². The van der Waals surface area contributed by atoms with Gasteiger partial charge in [0.15, 0.2) is 11.6 Å². The van der Waals surface area contributed by atoms with Crippen LogP contribution in [0.3, 0.4) is 0 Å². The molecule has 0 radical (unpaired) electrons. The molecule has 1 aliphatic carbocycles. The number of fused-ring (bicyclic) bond motifs is 1. The van der Waals surface area contributed by atoms with Crippen LogP contribution in [0.1, 0.15) is 20.7 Å². The van der Waals surface area contributed by atoms with E-state index >= 15 is 0 Å². The van der Waals surface area contributed by atoms with E-state index in [0.717, 1.165) is 0 Å². The number of carbonyl (C=O) groups excluding carboxylic acids is 2. The Labute approximate surface area is 107 Å². The topological polar surface area (TPSA) is 88.5 Å². The molecule has 1 aliphatic rings. The molecule has 1 atom stereocenters. The van der Waals surface area contributed by atoms with Gasteiger partial charge in [0.05, 0.1) is 6.26 Å². The molecular formula is C11H11O5PS. The molecule has 1 aromatic rings. The first-order valence-electron chi connectivity index (χ1n) is 4.78. The number of hydrogen-bond donors (Lipinski definition) is 1. The highest BCUT2D eigenvalue weighted by molar-refractivity contribution is 7.85. The summed E-state index contributed by atoms with van der Waals surface area (Å²) in [7, 11) is -1.39. The van der Waals surface area contributed by atoms with Gasteiger partial charge in [0.25, 0.3) is 10.1 Å². The fourth-order valence-corrected chi connectivity index (χ4v) is 1.64. The highest BCUT2D eigenvalue weighted by Crippen LogP contribution is 2.23. The summed E-state index contributed by atoms with van der Waals surface area (Å²) >= 11 is 0. The Morgan fingerprint density at radius 3 is 2.06 bits per heavy atom. The summed E-state index contributed by atoms with van der Waals surface area (Å²) in [6.07, 6.45) is 2.07. The van der Waals surface area contributed by atoms with E-state index in [2.05, 4.69) is 9.24 Å². The minimum absolute atomic E-state index is 0.0831. The predicted molar refractivity (Wildman–Crippen MR) is 70.4 cm³/mol. The van der Waals surface area contributed by atoms with Crippen LogP contribution in [0.4, 0.5) is 0 Å². The first kappa shape index (κ1) is 14.7. The zero-order valence-electron chi connectivity index (χ0n) is 9.45. The molecule has 7 heteroatoms. The maximum Gasteiger partial charge on any atom is 0.261 e. The zero-order chi connectivity index (χ0) is 13.9. The predicted octanol–water partition coefficient (Wildman–Crippen LogP) is 1.33. The molecule has 1 unspecified atom stereocenters. The summed E-state index contributed by atoms with van der Waals surface area (Å²) in [6.45, 7) is 0. The monoisotopic (exact) mass is 286 g/mol. The summed E-state index contributed by atoms with van der Waals surface area (Å²) in [6, 6.07) is 6.86. The summed E-state index contributed by atoms with van der Waals surface area (Å²) < 4.78 is 25.9. The molecular weight excluding hydrogens is 275 g/mol. The van der Waals surface area contributed by atoms with Gasteiger partial charge in [-0.15, -0.1) is 9.24 Å². The van der Waals surface area contributed by atoms with Crippen molar-refractivity contribution in [3.8, 4) is 0 Å². The highest BCUT2D eigenvalue weighted by atomic mass is 32.2. The van der Waals surface area contributed by atoms with Crippen LogP contribution in [-0.4, -0.2) is 30.8 Å². The molecule has 0 aromatic heterocycles. The average molecular weight is 286 g/mol. The molecule has 0 saturated carbocycles. The lowest BCUT2D eigenvalue weighted by Gasteiger charge is -2.10.